The summed E-state index contributed by atoms with van der Waals surface area (Å²) in [7, 11) is 0. The molecule has 0 radical (unpaired) electrons. The zero-order valence-electron chi connectivity index (χ0n) is 13.6. The second kappa shape index (κ2) is 7.35. The molecular formula is C18H15N3O3S2. The lowest BCUT2D eigenvalue weighted by Crippen LogP contribution is -2.31. The molecule has 6 nitrogen and oxygen atoms in total. The predicted molar refractivity (Wildman–Crippen MR) is 99.9 cm³/mol. The Morgan fingerprint density at radius 2 is 2.27 bits per heavy atom. The van der Waals surface area contributed by atoms with Gasteiger partial charge in [-0.25, -0.2) is 5.01 Å². The monoisotopic (exact) mass is 385 g/mol. The third-order valence-electron chi connectivity index (χ3n) is 3.98. The fourth-order valence-electron chi connectivity index (χ4n) is 2.76. The first-order valence-electron chi connectivity index (χ1n) is 8.00. The second-order valence-electron chi connectivity index (χ2n) is 5.65. The Kier molecular flexibility index (Phi) is 4.77. The number of hydrogen-bond donors (Lipinski definition) is 0. The minimum Gasteiger partial charge on any atom is -0.618 e. The Morgan fingerprint density at radius 3 is 3.00 bits per heavy atom. The molecule has 0 bridgehead atoms. The van der Waals surface area contributed by atoms with Gasteiger partial charge in [0.2, 0.25) is 0 Å². The molecule has 0 spiro atoms. The fourth-order valence-corrected chi connectivity index (χ4v) is 4.25. The SMILES string of the molecule is O=C(CSc1cccc[n+]1[O-])N1N=C(c2cccs2)C[C@@H]1c1ccco1. The number of nitrogens with zero attached hydrogens (tertiary/aromatic N) is 3. The summed E-state index contributed by atoms with van der Waals surface area (Å²) >= 11 is 2.80. The number of hydrogen-bond acceptors (Lipinski definition) is 6. The van der Waals surface area contributed by atoms with Crippen molar-refractivity contribution >= 4 is 34.7 Å². The van der Waals surface area contributed by atoms with E-state index in [9.17, 15) is 10.0 Å². The number of furan rings is 1. The minimum atomic E-state index is -0.259. The normalized spacial score (nSPS) is 16.7. The van der Waals surface area contributed by atoms with Crippen molar-refractivity contribution in [3.05, 3.63) is 76.1 Å². The fraction of sp³-hybridized carbons (Fsp3) is 0.167. The molecule has 1 atom stereocenters. The Bertz CT molecular complexity index is 923. The molecule has 8 heteroatoms. The third kappa shape index (κ3) is 3.38. The average Bonchev–Trinajstić information content (AvgIpc) is 3.41. The van der Waals surface area contributed by atoms with Gasteiger partial charge in [0.1, 0.15) is 11.8 Å². The van der Waals surface area contributed by atoms with Crippen LogP contribution >= 0.6 is 23.1 Å². The van der Waals surface area contributed by atoms with E-state index < -0.39 is 0 Å². The Morgan fingerprint density at radius 1 is 1.35 bits per heavy atom. The maximum Gasteiger partial charge on any atom is 0.253 e. The van der Waals surface area contributed by atoms with E-state index in [1.165, 1.54) is 23.0 Å². The highest BCUT2D eigenvalue weighted by molar-refractivity contribution is 7.99. The molecule has 4 heterocycles. The molecule has 0 aliphatic carbocycles. The molecule has 3 aromatic rings. The largest absolute Gasteiger partial charge is 0.618 e. The maximum atomic E-state index is 12.8. The molecule has 1 amide bonds. The standard InChI is InChI=1S/C18H15N3O3S2/c22-17(12-26-18-7-1-2-8-20(18)23)21-14(15-5-3-9-24-15)11-13(19-21)16-6-4-10-25-16/h1-10,14H,11-12H2/t14-/m1/s1. The number of carbonyl (C=O) groups excluding carboxylic acids is 1. The average molecular weight is 385 g/mol. The molecule has 0 saturated heterocycles. The summed E-state index contributed by atoms with van der Waals surface area (Å²) in [6.07, 6.45) is 3.62. The van der Waals surface area contributed by atoms with Gasteiger partial charge in [-0.3, -0.25) is 4.79 Å². The summed E-state index contributed by atoms with van der Waals surface area (Å²) in [5.74, 6) is 0.675. The quantitative estimate of drug-likeness (QED) is 0.383. The lowest BCUT2D eigenvalue weighted by Gasteiger charge is -2.19. The molecule has 1 aliphatic heterocycles. The molecule has 3 aromatic heterocycles. The van der Waals surface area contributed by atoms with Crippen molar-refractivity contribution < 1.29 is 13.9 Å². The maximum absolute atomic E-state index is 12.8. The summed E-state index contributed by atoms with van der Waals surface area (Å²) in [5, 5.41) is 20.3. The van der Waals surface area contributed by atoms with Crippen molar-refractivity contribution in [2.24, 2.45) is 5.10 Å². The Balaban J connectivity index is 1.54. The van der Waals surface area contributed by atoms with Crippen molar-refractivity contribution in [2.45, 2.75) is 17.5 Å². The van der Waals surface area contributed by atoms with Crippen LogP contribution in [-0.4, -0.2) is 22.4 Å². The van der Waals surface area contributed by atoms with Gasteiger partial charge in [0.15, 0.2) is 6.20 Å². The van der Waals surface area contributed by atoms with E-state index in [2.05, 4.69) is 5.10 Å². The van der Waals surface area contributed by atoms with Gasteiger partial charge in [-0.1, -0.05) is 6.07 Å². The second-order valence-corrected chi connectivity index (χ2v) is 7.59. The minimum absolute atomic E-state index is 0.130. The molecule has 0 aromatic carbocycles. The van der Waals surface area contributed by atoms with Crippen LogP contribution in [0.2, 0.25) is 0 Å². The third-order valence-corrected chi connectivity index (χ3v) is 5.90. The van der Waals surface area contributed by atoms with Crippen LogP contribution in [0, 0.1) is 5.21 Å². The van der Waals surface area contributed by atoms with Crippen LogP contribution in [0.3, 0.4) is 0 Å². The summed E-state index contributed by atoms with van der Waals surface area (Å²) in [4.78, 5) is 13.8. The summed E-state index contributed by atoms with van der Waals surface area (Å²) < 4.78 is 6.28. The van der Waals surface area contributed by atoms with E-state index in [1.54, 1.807) is 41.9 Å². The first-order valence-corrected chi connectivity index (χ1v) is 9.87. The van der Waals surface area contributed by atoms with Crippen LogP contribution in [-0.2, 0) is 4.79 Å². The van der Waals surface area contributed by atoms with Crippen LogP contribution in [0.1, 0.15) is 23.1 Å². The van der Waals surface area contributed by atoms with Gasteiger partial charge < -0.3 is 9.62 Å². The molecule has 1 aliphatic rings. The van der Waals surface area contributed by atoms with E-state index in [-0.39, 0.29) is 17.7 Å². The number of thiophene rings is 1. The number of carbonyl (C=O) groups is 1. The topological polar surface area (TPSA) is 72.8 Å². The molecule has 0 fully saturated rings. The molecule has 132 valence electrons. The molecule has 0 N–H and O–H groups in total. The van der Waals surface area contributed by atoms with Gasteiger partial charge in [-0.2, -0.15) is 9.83 Å². The number of rotatable bonds is 5. The zero-order chi connectivity index (χ0) is 17.9. The number of pyridine rings is 1. The first kappa shape index (κ1) is 16.9. The van der Waals surface area contributed by atoms with E-state index in [0.29, 0.717) is 17.2 Å². The predicted octanol–water partition coefficient (Wildman–Crippen LogP) is 3.44. The molecular weight excluding hydrogens is 370 g/mol. The van der Waals surface area contributed by atoms with Crippen LogP contribution in [0.4, 0.5) is 0 Å². The van der Waals surface area contributed by atoms with E-state index >= 15 is 0 Å². The Labute approximate surface area is 158 Å². The van der Waals surface area contributed by atoms with Gasteiger partial charge in [-0.15, -0.1) is 11.3 Å². The highest BCUT2D eigenvalue weighted by atomic mass is 32.2. The summed E-state index contributed by atoms with van der Waals surface area (Å²) in [6.45, 7) is 0. The van der Waals surface area contributed by atoms with E-state index in [4.69, 9.17) is 4.42 Å². The summed E-state index contributed by atoms with van der Waals surface area (Å²) in [6, 6.07) is 12.5. The van der Waals surface area contributed by atoms with Gasteiger partial charge >= 0.3 is 0 Å². The van der Waals surface area contributed by atoms with Crippen molar-refractivity contribution in [1.82, 2.24) is 5.01 Å². The summed E-state index contributed by atoms with van der Waals surface area (Å²) in [5.41, 5.74) is 0.873. The van der Waals surface area contributed by atoms with Crippen LogP contribution in [0.25, 0.3) is 0 Å². The first-order chi connectivity index (χ1) is 12.7. The van der Waals surface area contributed by atoms with Crippen LogP contribution < -0.4 is 4.73 Å². The van der Waals surface area contributed by atoms with Gasteiger partial charge in [0, 0.05) is 18.6 Å². The molecule has 26 heavy (non-hydrogen) atoms. The number of aromatic nitrogens is 1. The Hall–Kier alpha value is -2.58. The number of amides is 1. The lowest BCUT2D eigenvalue weighted by atomic mass is 10.1. The van der Waals surface area contributed by atoms with Crippen molar-refractivity contribution in [3.63, 3.8) is 0 Å². The van der Waals surface area contributed by atoms with Gasteiger partial charge in [0.25, 0.3) is 10.9 Å². The molecule has 4 rings (SSSR count). The van der Waals surface area contributed by atoms with Crippen molar-refractivity contribution in [2.75, 3.05) is 5.75 Å². The molecule has 0 unspecified atom stereocenters. The highest BCUT2D eigenvalue weighted by Crippen LogP contribution is 2.34. The van der Waals surface area contributed by atoms with Gasteiger partial charge in [-0.05, 0) is 41.4 Å². The van der Waals surface area contributed by atoms with Gasteiger partial charge in [0.05, 0.1) is 22.6 Å². The van der Waals surface area contributed by atoms with E-state index in [1.807, 2.05) is 23.6 Å². The van der Waals surface area contributed by atoms with Crippen LogP contribution in [0.5, 0.6) is 0 Å². The lowest BCUT2D eigenvalue weighted by molar-refractivity contribution is -0.645. The van der Waals surface area contributed by atoms with E-state index in [0.717, 1.165) is 15.3 Å². The number of thioether (sulfide) groups is 1. The highest BCUT2D eigenvalue weighted by Gasteiger charge is 2.35. The van der Waals surface area contributed by atoms with Crippen LogP contribution in [0.15, 0.2) is 74.8 Å². The van der Waals surface area contributed by atoms with Crippen molar-refractivity contribution in [3.8, 4) is 0 Å². The zero-order valence-corrected chi connectivity index (χ0v) is 15.3. The van der Waals surface area contributed by atoms with Crippen molar-refractivity contribution in [1.29, 1.82) is 0 Å². The molecule has 0 saturated carbocycles. The smallest absolute Gasteiger partial charge is 0.253 e. The number of hydrazone groups is 1.